The number of amides is 1. The summed E-state index contributed by atoms with van der Waals surface area (Å²) < 4.78 is 5.07. The second-order valence-corrected chi connectivity index (χ2v) is 3.55. The number of nitro groups is 1. The summed E-state index contributed by atoms with van der Waals surface area (Å²) in [5.74, 6) is -0.133. The van der Waals surface area contributed by atoms with E-state index < -0.39 is 10.8 Å². The number of anilines is 1. The van der Waals surface area contributed by atoms with Crippen molar-refractivity contribution in [3.05, 3.63) is 27.9 Å². The van der Waals surface area contributed by atoms with E-state index in [4.69, 9.17) is 4.74 Å². The second-order valence-electron chi connectivity index (χ2n) is 3.55. The quantitative estimate of drug-likeness (QED) is 0.430. The summed E-state index contributed by atoms with van der Waals surface area (Å²) in [6, 6.07) is 1.34. The monoisotopic (exact) mass is 268 g/mol. The summed E-state index contributed by atoms with van der Waals surface area (Å²) in [5.41, 5.74) is -0.353. The van der Waals surface area contributed by atoms with Gasteiger partial charge in [0, 0.05) is 26.3 Å². The van der Waals surface area contributed by atoms with Gasteiger partial charge in [-0.3, -0.25) is 14.9 Å². The Morgan fingerprint density at radius 3 is 2.89 bits per heavy atom. The summed E-state index contributed by atoms with van der Waals surface area (Å²) in [4.78, 5) is 25.9. The molecule has 1 aromatic rings. The molecular weight excluding hydrogens is 252 g/mol. The zero-order valence-electron chi connectivity index (χ0n) is 10.8. The first-order chi connectivity index (χ1) is 9.10. The molecule has 0 atom stereocenters. The average molecular weight is 268 g/mol. The van der Waals surface area contributed by atoms with Gasteiger partial charge in [0.1, 0.15) is 17.6 Å². The van der Waals surface area contributed by atoms with Crippen molar-refractivity contribution in [1.29, 1.82) is 0 Å². The molecule has 0 aliphatic heterocycles. The molecule has 0 unspecified atom stereocenters. The van der Waals surface area contributed by atoms with Crippen molar-refractivity contribution < 1.29 is 14.5 Å². The van der Waals surface area contributed by atoms with Crippen LogP contribution >= 0.6 is 0 Å². The van der Waals surface area contributed by atoms with E-state index in [1.165, 1.54) is 6.07 Å². The van der Waals surface area contributed by atoms with Crippen molar-refractivity contribution in [1.82, 2.24) is 10.3 Å². The van der Waals surface area contributed by atoms with E-state index in [1.807, 2.05) is 6.92 Å². The zero-order chi connectivity index (χ0) is 14.3. The summed E-state index contributed by atoms with van der Waals surface area (Å²) in [5, 5.41) is 16.1. The van der Waals surface area contributed by atoms with Crippen LogP contribution in [0.15, 0.2) is 12.3 Å². The third-order valence-electron chi connectivity index (χ3n) is 2.32. The van der Waals surface area contributed by atoms with Crippen LogP contribution in [0.3, 0.4) is 0 Å². The molecule has 104 valence electrons. The number of nitrogens with one attached hydrogen (secondary N) is 2. The molecule has 0 aliphatic carbocycles. The molecule has 1 amide bonds. The highest BCUT2D eigenvalue weighted by Gasteiger charge is 2.21. The van der Waals surface area contributed by atoms with Crippen molar-refractivity contribution in [3.8, 4) is 0 Å². The molecule has 0 radical (unpaired) electrons. The molecule has 8 nitrogen and oxygen atoms in total. The molecule has 1 rings (SSSR count). The molecule has 1 aromatic heterocycles. The zero-order valence-corrected chi connectivity index (χ0v) is 10.8. The Labute approximate surface area is 110 Å². The van der Waals surface area contributed by atoms with Crippen molar-refractivity contribution in [3.63, 3.8) is 0 Å². The first kappa shape index (κ1) is 14.8. The van der Waals surface area contributed by atoms with Crippen LogP contribution < -0.4 is 10.6 Å². The minimum absolute atomic E-state index is 0.0270. The number of hydrogen-bond donors (Lipinski definition) is 2. The number of carbonyl (C=O) groups is 1. The molecular formula is C11H16N4O4. The van der Waals surface area contributed by atoms with Crippen molar-refractivity contribution in [2.75, 3.05) is 32.1 Å². The van der Waals surface area contributed by atoms with Gasteiger partial charge in [-0.05, 0) is 6.92 Å². The van der Waals surface area contributed by atoms with Gasteiger partial charge in [-0.15, -0.1) is 0 Å². The first-order valence-electron chi connectivity index (χ1n) is 5.78. The van der Waals surface area contributed by atoms with Crippen LogP contribution in [-0.4, -0.2) is 42.6 Å². The van der Waals surface area contributed by atoms with E-state index in [2.05, 4.69) is 15.6 Å². The van der Waals surface area contributed by atoms with Gasteiger partial charge in [0.25, 0.3) is 11.6 Å². The summed E-state index contributed by atoms with van der Waals surface area (Å²) in [6.45, 7) is 3.05. The van der Waals surface area contributed by atoms with Crippen LogP contribution in [0.1, 0.15) is 17.3 Å². The molecule has 0 fully saturated rings. The molecule has 0 saturated heterocycles. The number of carbonyl (C=O) groups excluding carboxylic acids is 1. The Bertz CT molecular complexity index is 464. The van der Waals surface area contributed by atoms with Gasteiger partial charge in [-0.2, -0.15) is 0 Å². The van der Waals surface area contributed by atoms with Crippen LogP contribution in [0.2, 0.25) is 0 Å². The summed E-state index contributed by atoms with van der Waals surface area (Å²) >= 11 is 0. The minimum atomic E-state index is -0.635. The van der Waals surface area contributed by atoms with E-state index in [-0.39, 0.29) is 11.3 Å². The van der Waals surface area contributed by atoms with E-state index >= 15 is 0 Å². The fourth-order valence-electron chi connectivity index (χ4n) is 1.39. The Balaban J connectivity index is 2.83. The predicted octanol–water partition coefficient (Wildman–Crippen LogP) is 0.798. The molecule has 0 aliphatic rings. The van der Waals surface area contributed by atoms with Crippen LogP contribution in [0.5, 0.6) is 0 Å². The van der Waals surface area contributed by atoms with Gasteiger partial charge in [0.2, 0.25) is 0 Å². The molecule has 0 aromatic carbocycles. The lowest BCUT2D eigenvalue weighted by Gasteiger charge is -2.07. The molecule has 2 N–H and O–H groups in total. The minimum Gasteiger partial charge on any atom is -0.380 e. The van der Waals surface area contributed by atoms with Crippen LogP contribution in [-0.2, 0) is 4.74 Å². The number of nitrogens with zero attached hydrogens (tertiary/aromatic N) is 2. The van der Waals surface area contributed by atoms with Gasteiger partial charge in [0.15, 0.2) is 0 Å². The van der Waals surface area contributed by atoms with Crippen LogP contribution in [0, 0.1) is 10.1 Å². The summed E-state index contributed by atoms with van der Waals surface area (Å²) in [7, 11) is 1.62. The highest BCUT2D eigenvalue weighted by atomic mass is 16.6. The molecule has 19 heavy (non-hydrogen) atoms. The largest absolute Gasteiger partial charge is 0.380 e. The van der Waals surface area contributed by atoms with Gasteiger partial charge < -0.3 is 15.4 Å². The fourth-order valence-corrected chi connectivity index (χ4v) is 1.39. The van der Waals surface area contributed by atoms with E-state index in [1.54, 1.807) is 7.05 Å². The van der Waals surface area contributed by atoms with Crippen LogP contribution in [0.25, 0.3) is 0 Å². The van der Waals surface area contributed by atoms with Crippen molar-refractivity contribution >= 4 is 17.4 Å². The lowest BCUT2D eigenvalue weighted by atomic mass is 10.2. The van der Waals surface area contributed by atoms with Gasteiger partial charge in [0.05, 0.1) is 11.5 Å². The number of rotatable bonds is 7. The highest BCUT2D eigenvalue weighted by molar-refractivity contribution is 5.98. The Hall–Kier alpha value is -2.22. The van der Waals surface area contributed by atoms with E-state index in [0.717, 1.165) is 6.20 Å². The molecule has 8 heteroatoms. The number of pyridine rings is 1. The third kappa shape index (κ3) is 4.18. The van der Waals surface area contributed by atoms with Crippen molar-refractivity contribution in [2.24, 2.45) is 0 Å². The van der Waals surface area contributed by atoms with Crippen molar-refractivity contribution in [2.45, 2.75) is 6.92 Å². The topological polar surface area (TPSA) is 106 Å². The third-order valence-corrected chi connectivity index (χ3v) is 2.32. The number of ether oxygens (including phenoxy) is 1. The molecule has 0 bridgehead atoms. The number of hydrogen-bond acceptors (Lipinski definition) is 6. The fraction of sp³-hybridized carbons (Fsp3) is 0.455. The smallest absolute Gasteiger partial charge is 0.300 e. The first-order valence-corrected chi connectivity index (χ1v) is 5.78. The maximum Gasteiger partial charge on any atom is 0.300 e. The lowest BCUT2D eigenvalue weighted by molar-refractivity contribution is -0.385. The predicted molar refractivity (Wildman–Crippen MR) is 69.3 cm³/mol. The maximum atomic E-state index is 11.9. The van der Waals surface area contributed by atoms with E-state index in [9.17, 15) is 14.9 Å². The highest BCUT2D eigenvalue weighted by Crippen LogP contribution is 2.19. The standard InChI is InChI=1S/C11H16N4O4/c1-3-19-5-4-13-11(16)8-6-10(12-2)14-7-9(8)15(17)18/h6-7H,3-5H2,1-2H3,(H,12,14)(H,13,16). The Morgan fingerprint density at radius 1 is 1.58 bits per heavy atom. The van der Waals surface area contributed by atoms with Gasteiger partial charge in [-0.25, -0.2) is 4.98 Å². The molecule has 0 spiro atoms. The lowest BCUT2D eigenvalue weighted by Crippen LogP contribution is -2.28. The SMILES string of the molecule is CCOCCNC(=O)c1cc(NC)ncc1[N+](=O)[O-]. The summed E-state index contributed by atoms with van der Waals surface area (Å²) in [6.07, 6.45) is 1.06. The van der Waals surface area contributed by atoms with Gasteiger partial charge >= 0.3 is 0 Å². The average Bonchev–Trinajstić information content (AvgIpc) is 2.42. The molecule has 0 saturated carbocycles. The number of aromatic nitrogens is 1. The molecule has 1 heterocycles. The maximum absolute atomic E-state index is 11.9. The van der Waals surface area contributed by atoms with Gasteiger partial charge in [-0.1, -0.05) is 0 Å². The Kier molecular flexibility index (Phi) is 5.68. The van der Waals surface area contributed by atoms with E-state index in [0.29, 0.717) is 25.6 Å². The Morgan fingerprint density at radius 2 is 2.32 bits per heavy atom. The second kappa shape index (κ2) is 7.27. The normalized spacial score (nSPS) is 10.0. The van der Waals surface area contributed by atoms with Crippen LogP contribution in [0.4, 0.5) is 11.5 Å².